The molecule has 6 rings (SSSR count). The number of hydrogen-bond acceptors (Lipinski definition) is 7. The molecule has 0 amide bonds. The van der Waals surface area contributed by atoms with Gasteiger partial charge >= 0.3 is 0 Å². The normalized spacial score (nSPS) is 20.9. The maximum Gasteiger partial charge on any atom is 0.162 e. The summed E-state index contributed by atoms with van der Waals surface area (Å²) in [6, 6.07) is 49.9. The van der Waals surface area contributed by atoms with Crippen LogP contribution in [0.25, 0.3) is 0 Å². The van der Waals surface area contributed by atoms with Crippen LogP contribution in [-0.2, 0) is 56.7 Å². The van der Waals surface area contributed by atoms with Crippen molar-refractivity contribution in [3.05, 3.63) is 179 Å². The Morgan fingerprint density at radius 3 is 1.29 bits per heavy atom. The second-order valence-corrected chi connectivity index (χ2v) is 11.9. The minimum Gasteiger partial charge on any atom is -0.374 e. The zero-order valence-corrected chi connectivity index (χ0v) is 27.0. The highest BCUT2D eigenvalue weighted by molar-refractivity contribution is 5.17. The summed E-state index contributed by atoms with van der Waals surface area (Å²) < 4.78 is 33.2. The molecule has 0 spiro atoms. The maximum absolute atomic E-state index is 11.7. The first kappa shape index (κ1) is 33.7. The summed E-state index contributed by atoms with van der Waals surface area (Å²) >= 11 is 0. The van der Waals surface area contributed by atoms with Crippen molar-refractivity contribution in [1.82, 2.24) is 5.06 Å². The van der Waals surface area contributed by atoms with Gasteiger partial charge in [-0.1, -0.05) is 152 Å². The molecule has 0 bridgehead atoms. The summed E-state index contributed by atoms with van der Waals surface area (Å²) in [5.74, 6) is 0. The first-order valence-electron chi connectivity index (χ1n) is 16.5. The number of benzene rings is 5. The monoisotopic (exact) mass is 645 g/mol. The molecule has 1 aliphatic heterocycles. The van der Waals surface area contributed by atoms with Gasteiger partial charge in [0.15, 0.2) is 6.23 Å². The molecule has 5 atom stereocenters. The molecule has 1 unspecified atom stereocenters. The van der Waals surface area contributed by atoms with Crippen molar-refractivity contribution in [3.8, 4) is 0 Å². The highest BCUT2D eigenvalue weighted by Crippen LogP contribution is 2.32. The second-order valence-electron chi connectivity index (χ2n) is 11.9. The van der Waals surface area contributed by atoms with Crippen molar-refractivity contribution in [1.29, 1.82) is 0 Å². The molecule has 0 aliphatic carbocycles. The van der Waals surface area contributed by atoms with Gasteiger partial charge in [0.2, 0.25) is 0 Å². The minimum absolute atomic E-state index is 0.223. The molecule has 248 valence electrons. The maximum atomic E-state index is 11.7. The topological polar surface area (TPSA) is 69.6 Å². The van der Waals surface area contributed by atoms with Gasteiger partial charge in [0, 0.05) is 0 Å². The Labute approximate surface area is 283 Å². The number of rotatable bonds is 16. The molecule has 7 heteroatoms. The van der Waals surface area contributed by atoms with E-state index in [-0.39, 0.29) is 13.2 Å². The van der Waals surface area contributed by atoms with E-state index in [1.54, 1.807) is 0 Å². The second kappa shape index (κ2) is 17.8. The average molecular weight is 646 g/mol. The zero-order chi connectivity index (χ0) is 32.8. The first-order valence-corrected chi connectivity index (χ1v) is 16.5. The van der Waals surface area contributed by atoms with E-state index in [2.05, 4.69) is 0 Å². The summed E-state index contributed by atoms with van der Waals surface area (Å²) in [6.45, 7) is 1.84. The SMILES string of the molecule is ON(Cc1ccccc1)C1O[C@H](COCc2ccccc2)[C@@H](OCc2ccccc2)[C@H](OCc2ccccc2)[C@H]1OCc1ccccc1. The van der Waals surface area contributed by atoms with Crippen LogP contribution in [-0.4, -0.2) is 47.5 Å². The largest absolute Gasteiger partial charge is 0.374 e. The molecule has 1 saturated heterocycles. The number of nitrogens with zero attached hydrogens (tertiary/aromatic N) is 1. The summed E-state index contributed by atoms with van der Waals surface area (Å²) in [6.07, 6.45) is -3.37. The molecule has 0 saturated carbocycles. The third-order valence-electron chi connectivity index (χ3n) is 8.34. The molecule has 1 N–H and O–H groups in total. The zero-order valence-electron chi connectivity index (χ0n) is 27.0. The minimum atomic E-state index is -0.878. The lowest BCUT2D eigenvalue weighted by molar-refractivity contribution is -0.344. The smallest absolute Gasteiger partial charge is 0.162 e. The predicted octanol–water partition coefficient (Wildman–Crippen LogP) is 7.58. The van der Waals surface area contributed by atoms with Crippen LogP contribution in [0.5, 0.6) is 0 Å². The molecule has 5 aromatic carbocycles. The van der Waals surface area contributed by atoms with Crippen LogP contribution in [0.4, 0.5) is 0 Å². The van der Waals surface area contributed by atoms with Gasteiger partial charge in [-0.15, -0.1) is 0 Å². The fourth-order valence-corrected chi connectivity index (χ4v) is 5.87. The van der Waals surface area contributed by atoms with Crippen LogP contribution in [0.2, 0.25) is 0 Å². The number of hydrogen-bond donors (Lipinski definition) is 1. The van der Waals surface area contributed by atoms with Gasteiger partial charge in [0.1, 0.15) is 24.4 Å². The molecular formula is C41H43NO6. The predicted molar refractivity (Wildman–Crippen MR) is 184 cm³/mol. The third-order valence-corrected chi connectivity index (χ3v) is 8.34. The quantitative estimate of drug-likeness (QED) is 0.111. The standard InChI is InChI=1S/C41H43NO6/c43-42(26-32-16-6-1-7-17-32)41-40(47-30-36-24-14-5-15-25-36)39(46-29-35-22-12-4-13-23-35)38(45-28-34-20-10-3-11-21-34)37(48-41)31-44-27-33-18-8-2-9-19-33/h1-25,37-41,43H,26-31H2/t37-,38-,39+,40-,41?/m1/s1. The Morgan fingerprint density at radius 2 is 0.833 bits per heavy atom. The van der Waals surface area contributed by atoms with Crippen molar-refractivity contribution in [2.75, 3.05) is 6.61 Å². The van der Waals surface area contributed by atoms with E-state index in [4.69, 9.17) is 23.7 Å². The Bertz CT molecular complexity index is 1590. The van der Waals surface area contributed by atoms with Crippen LogP contribution in [0.15, 0.2) is 152 Å². The van der Waals surface area contributed by atoms with Crippen LogP contribution < -0.4 is 0 Å². The van der Waals surface area contributed by atoms with Gasteiger partial charge in [-0.3, -0.25) is 0 Å². The van der Waals surface area contributed by atoms with E-state index in [0.717, 1.165) is 27.8 Å². The fourth-order valence-electron chi connectivity index (χ4n) is 5.87. The van der Waals surface area contributed by atoms with Gasteiger partial charge in [-0.2, -0.15) is 5.06 Å². The first-order chi connectivity index (χ1) is 23.7. The van der Waals surface area contributed by atoms with E-state index in [1.807, 2.05) is 152 Å². The van der Waals surface area contributed by atoms with Crippen LogP contribution in [0.3, 0.4) is 0 Å². The van der Waals surface area contributed by atoms with Gasteiger partial charge in [0.05, 0.1) is 39.6 Å². The highest BCUT2D eigenvalue weighted by atomic mass is 16.7. The van der Waals surface area contributed by atoms with E-state index < -0.39 is 30.6 Å². The van der Waals surface area contributed by atoms with Gasteiger partial charge in [0.25, 0.3) is 0 Å². The molecule has 0 aromatic heterocycles. The molecule has 0 radical (unpaired) electrons. The average Bonchev–Trinajstić information content (AvgIpc) is 3.14. The van der Waals surface area contributed by atoms with Crippen LogP contribution in [0.1, 0.15) is 27.8 Å². The molecule has 48 heavy (non-hydrogen) atoms. The molecule has 1 aliphatic rings. The van der Waals surface area contributed by atoms with E-state index in [1.165, 1.54) is 5.06 Å². The van der Waals surface area contributed by atoms with E-state index in [0.29, 0.717) is 26.4 Å². The summed E-state index contributed by atoms with van der Waals surface area (Å²) in [5.41, 5.74) is 5.04. The van der Waals surface area contributed by atoms with Crippen molar-refractivity contribution < 1.29 is 28.9 Å². The van der Waals surface area contributed by atoms with E-state index in [9.17, 15) is 5.21 Å². The number of hydroxylamine groups is 2. The molecule has 1 fully saturated rings. The molecule has 7 nitrogen and oxygen atoms in total. The van der Waals surface area contributed by atoms with Crippen molar-refractivity contribution in [2.24, 2.45) is 0 Å². The summed E-state index contributed by atoms with van der Waals surface area (Å²) in [7, 11) is 0. The van der Waals surface area contributed by atoms with Crippen molar-refractivity contribution in [2.45, 2.75) is 63.6 Å². The Kier molecular flexibility index (Phi) is 12.5. The molecule has 1 heterocycles. The molecule has 5 aromatic rings. The Morgan fingerprint density at radius 1 is 0.458 bits per heavy atom. The van der Waals surface area contributed by atoms with Gasteiger partial charge in [-0.05, 0) is 27.8 Å². The van der Waals surface area contributed by atoms with Crippen molar-refractivity contribution in [3.63, 3.8) is 0 Å². The lowest BCUT2D eigenvalue weighted by Crippen LogP contribution is -2.64. The van der Waals surface area contributed by atoms with E-state index >= 15 is 0 Å². The van der Waals surface area contributed by atoms with Gasteiger partial charge in [-0.25, -0.2) is 0 Å². The summed E-state index contributed by atoms with van der Waals surface area (Å²) in [4.78, 5) is 0. The number of ether oxygens (including phenoxy) is 5. The molecular weight excluding hydrogens is 602 g/mol. The Hall–Kier alpha value is -4.18. The van der Waals surface area contributed by atoms with Crippen LogP contribution in [0, 0.1) is 0 Å². The lowest BCUT2D eigenvalue weighted by Gasteiger charge is -2.48. The Balaban J connectivity index is 1.32. The van der Waals surface area contributed by atoms with Crippen molar-refractivity contribution >= 4 is 0 Å². The van der Waals surface area contributed by atoms with Gasteiger partial charge < -0.3 is 28.9 Å². The highest BCUT2D eigenvalue weighted by Gasteiger charge is 2.50. The lowest BCUT2D eigenvalue weighted by atomic mass is 9.96. The fraction of sp³-hybridized carbons (Fsp3) is 0.268. The third kappa shape index (κ3) is 9.69. The van der Waals surface area contributed by atoms with Crippen LogP contribution >= 0.6 is 0 Å². The summed E-state index contributed by atoms with van der Waals surface area (Å²) in [5, 5.41) is 12.9.